The second-order valence-corrected chi connectivity index (χ2v) is 9.16. The average Bonchev–Trinajstić information content (AvgIpc) is 3.49. The Balaban J connectivity index is 1.76. The third kappa shape index (κ3) is 6.31. The molecule has 3 rings (SSSR count). The molecular weight excluding hydrogens is 424 g/mol. The van der Waals surface area contributed by atoms with Crippen LogP contribution in [0.4, 0.5) is 0 Å². The van der Waals surface area contributed by atoms with E-state index < -0.39 is 35.9 Å². The van der Waals surface area contributed by atoms with Gasteiger partial charge in [-0.2, -0.15) is 0 Å². The fourth-order valence-electron chi connectivity index (χ4n) is 4.50. The van der Waals surface area contributed by atoms with E-state index in [4.69, 9.17) is 0 Å². The molecule has 2 fully saturated rings. The van der Waals surface area contributed by atoms with E-state index in [0.29, 0.717) is 19.4 Å². The monoisotopic (exact) mass is 458 g/mol. The maximum atomic E-state index is 13.4. The molecule has 0 radical (unpaired) electrons. The number of aliphatic carboxylic acids is 1. The fourth-order valence-corrected chi connectivity index (χ4v) is 4.50. The number of carbonyl (C=O) groups excluding carboxylic acids is 3. The van der Waals surface area contributed by atoms with Crippen LogP contribution in [0.25, 0.3) is 0 Å². The predicted octanol–water partition coefficient (Wildman–Crippen LogP) is 0.682. The van der Waals surface area contributed by atoms with Crippen LogP contribution in [-0.2, 0) is 25.6 Å². The van der Waals surface area contributed by atoms with Gasteiger partial charge in [-0.25, -0.2) is 4.79 Å². The highest BCUT2D eigenvalue weighted by Gasteiger charge is 2.39. The molecule has 1 aromatic carbocycles. The molecular formula is C24H34N4O5. The minimum atomic E-state index is -1.04. The van der Waals surface area contributed by atoms with Crippen LogP contribution in [0.5, 0.6) is 0 Å². The summed E-state index contributed by atoms with van der Waals surface area (Å²) >= 11 is 0. The summed E-state index contributed by atoms with van der Waals surface area (Å²) in [6.07, 6.45) is 2.86. The lowest BCUT2D eigenvalue weighted by Crippen LogP contribution is -2.58. The number of carboxylic acids is 1. The Morgan fingerprint density at radius 2 is 1.82 bits per heavy atom. The first-order valence-corrected chi connectivity index (χ1v) is 11.7. The molecule has 9 heteroatoms. The topological polar surface area (TPSA) is 128 Å². The molecule has 0 aromatic heterocycles. The first kappa shape index (κ1) is 24.7. The molecule has 2 aliphatic heterocycles. The van der Waals surface area contributed by atoms with E-state index in [9.17, 15) is 24.3 Å². The first-order chi connectivity index (χ1) is 15.8. The van der Waals surface area contributed by atoms with Gasteiger partial charge in [-0.3, -0.25) is 14.4 Å². The van der Waals surface area contributed by atoms with E-state index in [0.717, 1.165) is 24.9 Å². The van der Waals surface area contributed by atoms with Crippen molar-refractivity contribution in [3.05, 3.63) is 35.9 Å². The van der Waals surface area contributed by atoms with E-state index in [1.807, 2.05) is 44.2 Å². The van der Waals surface area contributed by atoms with Crippen molar-refractivity contribution in [1.29, 1.82) is 0 Å². The molecule has 180 valence electrons. The largest absolute Gasteiger partial charge is 0.480 e. The maximum Gasteiger partial charge on any atom is 0.326 e. The van der Waals surface area contributed by atoms with E-state index in [1.165, 1.54) is 4.90 Å². The Hall–Kier alpha value is -2.94. The molecule has 2 aliphatic rings. The smallest absolute Gasteiger partial charge is 0.326 e. The summed E-state index contributed by atoms with van der Waals surface area (Å²) in [5.41, 5.74) is 0.850. The van der Waals surface area contributed by atoms with Gasteiger partial charge in [0.05, 0.1) is 6.04 Å². The lowest BCUT2D eigenvalue weighted by Gasteiger charge is -2.30. The third-order valence-corrected chi connectivity index (χ3v) is 6.34. The molecule has 4 atom stereocenters. The molecule has 9 nitrogen and oxygen atoms in total. The fraction of sp³-hybridized carbons (Fsp3) is 0.583. The average molecular weight is 459 g/mol. The van der Waals surface area contributed by atoms with Crippen molar-refractivity contribution in [2.24, 2.45) is 5.92 Å². The zero-order chi connectivity index (χ0) is 24.0. The number of carboxylic acid groups (broad SMARTS) is 1. The second-order valence-electron chi connectivity index (χ2n) is 9.16. The Labute approximate surface area is 194 Å². The molecule has 4 N–H and O–H groups in total. The number of amides is 3. The van der Waals surface area contributed by atoms with Gasteiger partial charge in [0.1, 0.15) is 18.1 Å². The van der Waals surface area contributed by atoms with Gasteiger partial charge in [0.15, 0.2) is 0 Å². The summed E-state index contributed by atoms with van der Waals surface area (Å²) in [4.78, 5) is 52.2. The van der Waals surface area contributed by atoms with Crippen molar-refractivity contribution < 1.29 is 24.3 Å². The summed E-state index contributed by atoms with van der Waals surface area (Å²) in [5.74, 6) is -2.32. The molecule has 1 aromatic rings. The molecule has 4 unspecified atom stereocenters. The molecule has 2 heterocycles. The third-order valence-electron chi connectivity index (χ3n) is 6.34. The molecule has 33 heavy (non-hydrogen) atoms. The molecule has 0 bridgehead atoms. The van der Waals surface area contributed by atoms with Crippen LogP contribution in [0.2, 0.25) is 0 Å². The lowest BCUT2D eigenvalue weighted by atomic mass is 10.00. The standard InChI is InChI=1S/C24H34N4O5/c1-15(2)20(27-21(29)17-10-6-12-25-17)22(30)26-18(14-16-8-4-3-5-9-16)23(31)28-13-7-11-19(28)24(32)33/h3-5,8-9,15,17-20,25H,6-7,10-14H2,1-2H3,(H,26,30)(H,27,29)(H,32,33). The summed E-state index contributed by atoms with van der Waals surface area (Å²) in [6, 6.07) is 6.34. The van der Waals surface area contributed by atoms with Crippen molar-refractivity contribution in [2.75, 3.05) is 13.1 Å². The Morgan fingerprint density at radius 1 is 1.09 bits per heavy atom. The van der Waals surface area contributed by atoms with Crippen molar-refractivity contribution in [3.8, 4) is 0 Å². The quantitative estimate of drug-likeness (QED) is 0.431. The highest BCUT2D eigenvalue weighted by Crippen LogP contribution is 2.20. The second kappa shape index (κ2) is 11.3. The Kier molecular flexibility index (Phi) is 8.43. The zero-order valence-corrected chi connectivity index (χ0v) is 19.3. The Morgan fingerprint density at radius 3 is 2.42 bits per heavy atom. The van der Waals surface area contributed by atoms with Gasteiger partial charge in [-0.15, -0.1) is 0 Å². The number of rotatable bonds is 9. The number of nitrogens with zero attached hydrogens (tertiary/aromatic N) is 1. The molecule has 0 saturated carbocycles. The van der Waals surface area contributed by atoms with Crippen LogP contribution < -0.4 is 16.0 Å². The number of likely N-dealkylation sites (tertiary alicyclic amines) is 1. The maximum absolute atomic E-state index is 13.4. The van der Waals surface area contributed by atoms with Crippen molar-refractivity contribution in [1.82, 2.24) is 20.9 Å². The van der Waals surface area contributed by atoms with Gasteiger partial charge in [0, 0.05) is 13.0 Å². The van der Waals surface area contributed by atoms with Crippen LogP contribution in [0.3, 0.4) is 0 Å². The van der Waals surface area contributed by atoms with Crippen molar-refractivity contribution >= 4 is 23.7 Å². The van der Waals surface area contributed by atoms with Gasteiger partial charge in [-0.1, -0.05) is 44.2 Å². The van der Waals surface area contributed by atoms with Crippen LogP contribution in [-0.4, -0.2) is 71.0 Å². The van der Waals surface area contributed by atoms with Gasteiger partial charge in [-0.05, 0) is 43.7 Å². The Bertz CT molecular complexity index is 854. The number of benzene rings is 1. The first-order valence-electron chi connectivity index (χ1n) is 11.7. The van der Waals surface area contributed by atoms with E-state index in [1.54, 1.807) is 0 Å². The highest BCUT2D eigenvalue weighted by molar-refractivity contribution is 5.94. The number of carbonyl (C=O) groups is 4. The van der Waals surface area contributed by atoms with Gasteiger partial charge in [0.2, 0.25) is 17.7 Å². The summed E-state index contributed by atoms with van der Waals surface area (Å²) < 4.78 is 0. The van der Waals surface area contributed by atoms with E-state index >= 15 is 0 Å². The SMILES string of the molecule is CC(C)C(NC(=O)C1CCCN1)C(=O)NC(Cc1ccccc1)C(=O)N1CCCC1C(=O)O. The van der Waals surface area contributed by atoms with Gasteiger partial charge in [0.25, 0.3) is 0 Å². The lowest BCUT2D eigenvalue weighted by molar-refractivity contribution is -0.149. The van der Waals surface area contributed by atoms with Gasteiger partial charge >= 0.3 is 5.97 Å². The van der Waals surface area contributed by atoms with E-state index in [2.05, 4.69) is 16.0 Å². The minimum absolute atomic E-state index is 0.193. The van der Waals surface area contributed by atoms with Gasteiger partial charge < -0.3 is 26.0 Å². The minimum Gasteiger partial charge on any atom is -0.480 e. The van der Waals surface area contributed by atoms with Crippen LogP contribution in [0.15, 0.2) is 30.3 Å². The normalized spacial score (nSPS) is 22.1. The number of hydrogen-bond donors (Lipinski definition) is 4. The summed E-state index contributed by atoms with van der Waals surface area (Å²) in [7, 11) is 0. The predicted molar refractivity (Wildman–Crippen MR) is 122 cm³/mol. The molecule has 0 spiro atoms. The number of hydrogen-bond acceptors (Lipinski definition) is 5. The van der Waals surface area contributed by atoms with Crippen LogP contribution >= 0.6 is 0 Å². The molecule has 3 amide bonds. The van der Waals surface area contributed by atoms with Crippen LogP contribution in [0, 0.1) is 5.92 Å². The number of nitrogens with one attached hydrogen (secondary N) is 3. The van der Waals surface area contributed by atoms with Crippen molar-refractivity contribution in [3.63, 3.8) is 0 Å². The van der Waals surface area contributed by atoms with Crippen molar-refractivity contribution in [2.45, 2.75) is 70.1 Å². The van der Waals surface area contributed by atoms with E-state index in [-0.39, 0.29) is 24.3 Å². The summed E-state index contributed by atoms with van der Waals surface area (Å²) in [6.45, 7) is 4.78. The van der Waals surface area contributed by atoms with Crippen LogP contribution in [0.1, 0.15) is 45.1 Å². The zero-order valence-electron chi connectivity index (χ0n) is 19.3. The summed E-state index contributed by atoms with van der Waals surface area (Å²) in [5, 5.41) is 18.3. The molecule has 0 aliphatic carbocycles. The molecule has 2 saturated heterocycles. The highest BCUT2D eigenvalue weighted by atomic mass is 16.4.